The van der Waals surface area contributed by atoms with Gasteiger partial charge in [0.2, 0.25) is 21.8 Å². The molecule has 7 nitrogen and oxygen atoms in total. The van der Waals surface area contributed by atoms with Crippen molar-refractivity contribution in [2.24, 2.45) is 0 Å². The van der Waals surface area contributed by atoms with E-state index in [4.69, 9.17) is 11.6 Å². The van der Waals surface area contributed by atoms with Crippen molar-refractivity contribution in [2.75, 3.05) is 24.2 Å². The van der Waals surface area contributed by atoms with Crippen LogP contribution in [0.25, 0.3) is 0 Å². The number of benzene rings is 3. The van der Waals surface area contributed by atoms with Crippen LogP contribution < -0.4 is 9.62 Å². The molecule has 0 aliphatic carbocycles. The summed E-state index contributed by atoms with van der Waals surface area (Å²) in [5.74, 6) is -1.68. The first kappa shape index (κ1) is 27.2. The monoisotopic (exact) mass is 531 g/mol. The molecule has 0 fully saturated rings. The molecule has 1 N–H and O–H groups in total. The molecule has 0 unspecified atom stereocenters. The van der Waals surface area contributed by atoms with Gasteiger partial charge < -0.3 is 10.2 Å². The fraction of sp³-hybridized carbons (Fsp3) is 0.231. The minimum atomic E-state index is -3.96. The second-order valence-electron chi connectivity index (χ2n) is 8.22. The number of nitrogens with zero attached hydrogens (tertiary/aromatic N) is 2. The fourth-order valence-electron chi connectivity index (χ4n) is 3.80. The van der Waals surface area contributed by atoms with Crippen LogP contribution in [-0.2, 0) is 32.6 Å². The lowest BCUT2D eigenvalue weighted by atomic mass is 10.0. The molecule has 0 radical (unpaired) electrons. The minimum absolute atomic E-state index is 0.00503. The van der Waals surface area contributed by atoms with Gasteiger partial charge >= 0.3 is 0 Å². The van der Waals surface area contributed by atoms with Crippen molar-refractivity contribution in [3.05, 3.63) is 101 Å². The molecule has 0 bridgehead atoms. The third kappa shape index (κ3) is 7.29. The van der Waals surface area contributed by atoms with Crippen molar-refractivity contribution in [3.63, 3.8) is 0 Å². The van der Waals surface area contributed by atoms with Gasteiger partial charge in [-0.2, -0.15) is 0 Å². The van der Waals surface area contributed by atoms with E-state index in [9.17, 15) is 22.4 Å². The molecule has 0 saturated heterocycles. The first-order valence-electron chi connectivity index (χ1n) is 11.1. The van der Waals surface area contributed by atoms with E-state index in [2.05, 4.69) is 5.32 Å². The van der Waals surface area contributed by atoms with Crippen LogP contribution in [0.3, 0.4) is 0 Å². The van der Waals surface area contributed by atoms with Crippen molar-refractivity contribution >= 4 is 39.1 Å². The maximum absolute atomic E-state index is 13.9. The number of rotatable bonds is 10. The topological polar surface area (TPSA) is 86.8 Å². The molecule has 2 amide bonds. The Morgan fingerprint density at radius 3 is 2.25 bits per heavy atom. The Kier molecular flexibility index (Phi) is 9.06. The summed E-state index contributed by atoms with van der Waals surface area (Å²) >= 11 is 6.14. The largest absolute Gasteiger partial charge is 0.357 e. The molecule has 0 heterocycles. The summed E-state index contributed by atoms with van der Waals surface area (Å²) in [5, 5.41) is 3.06. The first-order chi connectivity index (χ1) is 17.1. The Bertz CT molecular complexity index is 1320. The lowest BCUT2D eigenvalue weighted by Crippen LogP contribution is -2.52. The highest BCUT2D eigenvalue weighted by Crippen LogP contribution is 2.21. The van der Waals surface area contributed by atoms with E-state index < -0.39 is 40.2 Å². The zero-order valence-corrected chi connectivity index (χ0v) is 21.5. The van der Waals surface area contributed by atoms with Gasteiger partial charge in [0.25, 0.3) is 0 Å². The number of sulfonamides is 1. The van der Waals surface area contributed by atoms with Gasteiger partial charge in [-0.05, 0) is 41.5 Å². The van der Waals surface area contributed by atoms with Gasteiger partial charge in [0.05, 0.1) is 11.9 Å². The lowest BCUT2D eigenvalue weighted by Gasteiger charge is -2.33. The van der Waals surface area contributed by atoms with Crippen molar-refractivity contribution < 1.29 is 22.4 Å². The van der Waals surface area contributed by atoms with Crippen LogP contribution in [0.15, 0.2) is 78.9 Å². The number of hydrogen-bond acceptors (Lipinski definition) is 4. The Labute approximate surface area is 215 Å². The second kappa shape index (κ2) is 12.0. The van der Waals surface area contributed by atoms with Gasteiger partial charge in [-0.3, -0.25) is 13.9 Å². The molecule has 10 heteroatoms. The molecule has 36 heavy (non-hydrogen) atoms. The summed E-state index contributed by atoms with van der Waals surface area (Å²) in [7, 11) is -2.49. The number of hydrogen-bond donors (Lipinski definition) is 1. The number of carbonyl (C=O) groups excluding carboxylic acids is 2. The molecule has 190 valence electrons. The molecule has 3 aromatic carbocycles. The van der Waals surface area contributed by atoms with Crippen molar-refractivity contribution in [3.8, 4) is 0 Å². The highest BCUT2D eigenvalue weighted by atomic mass is 35.5. The van der Waals surface area contributed by atoms with Crippen LogP contribution in [0.4, 0.5) is 10.1 Å². The lowest BCUT2D eigenvalue weighted by molar-refractivity contribution is -0.139. The Morgan fingerprint density at radius 2 is 1.64 bits per heavy atom. The number of anilines is 1. The summed E-state index contributed by atoms with van der Waals surface area (Å²) in [4.78, 5) is 28.0. The molecule has 3 rings (SSSR count). The van der Waals surface area contributed by atoms with Gasteiger partial charge in [0.15, 0.2) is 0 Å². The number of carbonyl (C=O) groups is 2. The van der Waals surface area contributed by atoms with Crippen LogP contribution in [0.5, 0.6) is 0 Å². The average molecular weight is 532 g/mol. The van der Waals surface area contributed by atoms with E-state index in [1.807, 2.05) is 30.3 Å². The summed E-state index contributed by atoms with van der Waals surface area (Å²) in [6.07, 6.45) is 1.14. The van der Waals surface area contributed by atoms with E-state index in [0.29, 0.717) is 10.6 Å². The molecule has 0 spiro atoms. The SMILES string of the molecule is CNC(=O)[C@H](Cc1ccccc1)N(Cc1cccc(Cl)c1)C(=O)CN(c1cccc(F)c1)S(C)(=O)=O. The zero-order valence-electron chi connectivity index (χ0n) is 19.9. The highest BCUT2D eigenvalue weighted by molar-refractivity contribution is 7.92. The fourth-order valence-corrected chi connectivity index (χ4v) is 4.85. The molecule has 0 aliphatic rings. The second-order valence-corrected chi connectivity index (χ2v) is 10.6. The van der Waals surface area contributed by atoms with Gasteiger partial charge in [-0.15, -0.1) is 0 Å². The van der Waals surface area contributed by atoms with Crippen LogP contribution in [0, 0.1) is 5.82 Å². The summed E-state index contributed by atoms with van der Waals surface area (Å²) < 4.78 is 39.9. The molecular weight excluding hydrogens is 505 g/mol. The van der Waals surface area contributed by atoms with Gasteiger partial charge in [0, 0.05) is 25.0 Å². The third-order valence-corrected chi connectivity index (χ3v) is 6.91. The van der Waals surface area contributed by atoms with Gasteiger partial charge in [0.1, 0.15) is 18.4 Å². The molecule has 3 aromatic rings. The van der Waals surface area contributed by atoms with E-state index in [0.717, 1.165) is 22.2 Å². The maximum Gasteiger partial charge on any atom is 0.244 e. The number of halogens is 2. The number of amides is 2. The van der Waals surface area contributed by atoms with Crippen molar-refractivity contribution in [1.29, 1.82) is 0 Å². The Balaban J connectivity index is 2.03. The predicted octanol–water partition coefficient (Wildman–Crippen LogP) is 3.63. The van der Waals surface area contributed by atoms with E-state index in [-0.39, 0.29) is 18.7 Å². The highest BCUT2D eigenvalue weighted by Gasteiger charge is 2.32. The van der Waals surface area contributed by atoms with Crippen LogP contribution >= 0.6 is 11.6 Å². The molecule has 0 aliphatic heterocycles. The molecule has 0 saturated carbocycles. The Hall–Kier alpha value is -3.43. The Morgan fingerprint density at radius 1 is 0.972 bits per heavy atom. The quantitative estimate of drug-likeness (QED) is 0.433. The smallest absolute Gasteiger partial charge is 0.244 e. The number of likely N-dealkylation sites (N-methyl/N-ethyl adjacent to an activating group) is 1. The zero-order chi connectivity index (χ0) is 26.3. The average Bonchev–Trinajstić information content (AvgIpc) is 2.84. The van der Waals surface area contributed by atoms with Crippen LogP contribution in [0.1, 0.15) is 11.1 Å². The van der Waals surface area contributed by atoms with Crippen molar-refractivity contribution in [2.45, 2.75) is 19.0 Å². The maximum atomic E-state index is 13.9. The van der Waals surface area contributed by atoms with Crippen LogP contribution in [0.2, 0.25) is 5.02 Å². The van der Waals surface area contributed by atoms with E-state index >= 15 is 0 Å². The summed E-state index contributed by atoms with van der Waals surface area (Å²) in [6, 6.07) is 20.1. The number of nitrogens with one attached hydrogen (secondary N) is 1. The normalized spacial score (nSPS) is 12.0. The summed E-state index contributed by atoms with van der Waals surface area (Å²) in [6.45, 7) is -0.615. The van der Waals surface area contributed by atoms with Gasteiger partial charge in [-0.25, -0.2) is 12.8 Å². The standard InChI is InChI=1S/C26H27ClFN3O4S/c1-29-26(33)24(15-19-8-4-3-5-9-19)30(17-20-10-6-11-21(27)14-20)25(32)18-31(36(2,34)35)23-13-7-12-22(28)16-23/h3-14,16,24H,15,17-18H2,1-2H3,(H,29,33)/t24-/m0/s1. The summed E-state index contributed by atoms with van der Waals surface area (Å²) in [5.41, 5.74) is 1.49. The molecular formula is C26H27ClFN3O4S. The first-order valence-corrected chi connectivity index (χ1v) is 13.3. The predicted molar refractivity (Wildman–Crippen MR) is 139 cm³/mol. The molecule has 0 aromatic heterocycles. The third-order valence-electron chi connectivity index (χ3n) is 5.53. The van der Waals surface area contributed by atoms with Crippen molar-refractivity contribution in [1.82, 2.24) is 10.2 Å². The molecule has 1 atom stereocenters. The van der Waals surface area contributed by atoms with Gasteiger partial charge in [-0.1, -0.05) is 60.1 Å². The van der Waals surface area contributed by atoms with Crippen LogP contribution in [-0.4, -0.2) is 51.0 Å². The van der Waals surface area contributed by atoms with E-state index in [1.54, 1.807) is 24.3 Å². The van der Waals surface area contributed by atoms with E-state index in [1.165, 1.54) is 30.1 Å². The minimum Gasteiger partial charge on any atom is -0.357 e.